The Balaban J connectivity index is 2.00. The predicted molar refractivity (Wildman–Crippen MR) is 64.9 cm³/mol. The van der Waals surface area contributed by atoms with Crippen LogP contribution in [-0.2, 0) is 13.7 Å². The van der Waals surface area contributed by atoms with E-state index in [1.54, 1.807) is 17.9 Å². The quantitative estimate of drug-likeness (QED) is 0.871. The molecule has 0 saturated heterocycles. The van der Waals surface area contributed by atoms with Crippen molar-refractivity contribution in [1.29, 1.82) is 0 Å². The molecule has 0 bridgehead atoms. The summed E-state index contributed by atoms with van der Waals surface area (Å²) in [6, 6.07) is 7.40. The first-order valence-corrected chi connectivity index (χ1v) is 5.23. The number of aromatic nitrogens is 2. The molecule has 1 aromatic carbocycles. The second-order valence-electron chi connectivity index (χ2n) is 3.62. The van der Waals surface area contributed by atoms with Gasteiger partial charge in [-0.15, -0.1) is 0 Å². The highest BCUT2D eigenvalue weighted by molar-refractivity contribution is 5.31. The average Bonchev–Trinajstić information content (AvgIpc) is 2.68. The fraction of sp³-hybridized carbons (Fsp3) is 0.250. The minimum absolute atomic E-state index is 0.389. The maximum absolute atomic E-state index is 5.68. The number of anilines is 1. The molecule has 17 heavy (non-hydrogen) atoms. The molecule has 2 rings (SSSR count). The predicted octanol–water partition coefficient (Wildman–Crippen LogP) is 1.59. The Hall–Kier alpha value is -2.17. The monoisotopic (exact) mass is 233 g/mol. The van der Waals surface area contributed by atoms with Gasteiger partial charge in [0.15, 0.2) is 0 Å². The number of benzene rings is 1. The van der Waals surface area contributed by atoms with Crippen LogP contribution in [0, 0.1) is 0 Å². The molecular weight excluding hydrogens is 218 g/mol. The van der Waals surface area contributed by atoms with Gasteiger partial charge in [-0.2, -0.15) is 0 Å². The molecule has 0 aliphatic heterocycles. The van der Waals surface area contributed by atoms with E-state index in [0.717, 1.165) is 17.3 Å². The summed E-state index contributed by atoms with van der Waals surface area (Å²) in [5, 5.41) is 0. The third-order valence-electron chi connectivity index (χ3n) is 2.55. The third kappa shape index (κ3) is 2.50. The second kappa shape index (κ2) is 4.78. The summed E-state index contributed by atoms with van der Waals surface area (Å²) in [6.45, 7) is 0.389. The number of imidazole rings is 1. The van der Waals surface area contributed by atoms with Crippen molar-refractivity contribution in [3.8, 4) is 11.5 Å². The summed E-state index contributed by atoms with van der Waals surface area (Å²) in [5.41, 5.74) is 5.68. The SMILES string of the molecule is COc1ccc(OCc2ncc(N)n2C)cc1. The number of nitrogens with zero attached hydrogens (tertiary/aromatic N) is 2. The zero-order valence-electron chi connectivity index (χ0n) is 9.88. The van der Waals surface area contributed by atoms with Gasteiger partial charge < -0.3 is 19.8 Å². The molecule has 5 heteroatoms. The highest BCUT2D eigenvalue weighted by atomic mass is 16.5. The zero-order valence-corrected chi connectivity index (χ0v) is 9.88. The Morgan fingerprint density at radius 3 is 2.41 bits per heavy atom. The maximum atomic E-state index is 5.68. The number of hydrogen-bond acceptors (Lipinski definition) is 4. The Kier molecular flexibility index (Phi) is 3.18. The fourth-order valence-electron chi connectivity index (χ4n) is 1.42. The van der Waals surface area contributed by atoms with Crippen LogP contribution in [0.4, 0.5) is 5.82 Å². The lowest BCUT2D eigenvalue weighted by atomic mass is 10.3. The van der Waals surface area contributed by atoms with Gasteiger partial charge in [0.25, 0.3) is 0 Å². The van der Waals surface area contributed by atoms with Gasteiger partial charge in [-0.3, -0.25) is 0 Å². The molecule has 0 aliphatic carbocycles. The van der Waals surface area contributed by atoms with Crippen LogP contribution in [0.2, 0.25) is 0 Å². The van der Waals surface area contributed by atoms with E-state index in [1.807, 2.05) is 31.3 Å². The minimum Gasteiger partial charge on any atom is -0.497 e. The molecular formula is C12H15N3O2. The largest absolute Gasteiger partial charge is 0.497 e. The van der Waals surface area contributed by atoms with Gasteiger partial charge in [0.2, 0.25) is 0 Å². The van der Waals surface area contributed by atoms with E-state index < -0.39 is 0 Å². The topological polar surface area (TPSA) is 62.3 Å². The van der Waals surface area contributed by atoms with Crippen molar-refractivity contribution in [2.24, 2.45) is 7.05 Å². The molecule has 0 amide bonds. The van der Waals surface area contributed by atoms with Crippen LogP contribution >= 0.6 is 0 Å². The number of nitrogen functional groups attached to an aromatic ring is 1. The first-order valence-electron chi connectivity index (χ1n) is 5.23. The number of rotatable bonds is 4. The van der Waals surface area contributed by atoms with Gasteiger partial charge in [-0.25, -0.2) is 4.98 Å². The van der Waals surface area contributed by atoms with Gasteiger partial charge in [0.1, 0.15) is 29.7 Å². The number of ether oxygens (including phenoxy) is 2. The highest BCUT2D eigenvalue weighted by Gasteiger charge is 2.04. The Morgan fingerprint density at radius 2 is 1.88 bits per heavy atom. The first-order chi connectivity index (χ1) is 8.20. The van der Waals surface area contributed by atoms with E-state index >= 15 is 0 Å². The van der Waals surface area contributed by atoms with Crippen LogP contribution in [0.25, 0.3) is 0 Å². The van der Waals surface area contributed by atoms with Gasteiger partial charge in [0, 0.05) is 7.05 Å². The van der Waals surface area contributed by atoms with Crippen LogP contribution < -0.4 is 15.2 Å². The molecule has 0 aliphatic rings. The van der Waals surface area contributed by atoms with Crippen LogP contribution in [0.5, 0.6) is 11.5 Å². The average molecular weight is 233 g/mol. The molecule has 0 radical (unpaired) electrons. The van der Waals surface area contributed by atoms with E-state index in [9.17, 15) is 0 Å². The fourth-order valence-corrected chi connectivity index (χ4v) is 1.42. The summed E-state index contributed by atoms with van der Waals surface area (Å²) >= 11 is 0. The lowest BCUT2D eigenvalue weighted by molar-refractivity contribution is 0.291. The summed E-state index contributed by atoms with van der Waals surface area (Å²) in [6.07, 6.45) is 1.62. The third-order valence-corrected chi connectivity index (χ3v) is 2.55. The van der Waals surface area contributed by atoms with Crippen LogP contribution in [0.15, 0.2) is 30.5 Å². The van der Waals surface area contributed by atoms with Gasteiger partial charge in [0.05, 0.1) is 13.3 Å². The molecule has 2 N–H and O–H groups in total. The van der Waals surface area contributed by atoms with Gasteiger partial charge >= 0.3 is 0 Å². The van der Waals surface area contributed by atoms with E-state index in [1.165, 1.54) is 0 Å². The molecule has 1 heterocycles. The van der Waals surface area contributed by atoms with Gasteiger partial charge in [-0.1, -0.05) is 0 Å². The molecule has 0 spiro atoms. The van der Waals surface area contributed by atoms with Crippen LogP contribution in [-0.4, -0.2) is 16.7 Å². The lowest BCUT2D eigenvalue weighted by Crippen LogP contribution is -2.05. The zero-order chi connectivity index (χ0) is 12.3. The Labute approximate surface area is 99.8 Å². The molecule has 1 aromatic heterocycles. The van der Waals surface area contributed by atoms with Gasteiger partial charge in [-0.05, 0) is 24.3 Å². The van der Waals surface area contributed by atoms with Crippen molar-refractivity contribution in [2.75, 3.05) is 12.8 Å². The number of methoxy groups -OCH3 is 1. The summed E-state index contributed by atoms with van der Waals surface area (Å²) in [7, 11) is 3.49. The molecule has 5 nitrogen and oxygen atoms in total. The lowest BCUT2D eigenvalue weighted by Gasteiger charge is -2.07. The normalized spacial score (nSPS) is 10.2. The van der Waals surface area contributed by atoms with E-state index in [0.29, 0.717) is 12.4 Å². The van der Waals surface area contributed by atoms with Crippen molar-refractivity contribution >= 4 is 5.82 Å². The smallest absolute Gasteiger partial charge is 0.148 e. The van der Waals surface area contributed by atoms with Crippen molar-refractivity contribution in [1.82, 2.24) is 9.55 Å². The summed E-state index contributed by atoms with van der Waals surface area (Å²) < 4.78 is 12.5. The van der Waals surface area contributed by atoms with Crippen LogP contribution in [0.3, 0.4) is 0 Å². The summed E-state index contributed by atoms with van der Waals surface area (Å²) in [5.74, 6) is 2.99. The molecule has 0 saturated carbocycles. The molecule has 0 unspecified atom stereocenters. The highest BCUT2D eigenvalue weighted by Crippen LogP contribution is 2.18. The number of hydrogen-bond donors (Lipinski definition) is 1. The molecule has 0 fully saturated rings. The maximum Gasteiger partial charge on any atom is 0.148 e. The molecule has 0 atom stereocenters. The van der Waals surface area contributed by atoms with E-state index in [2.05, 4.69) is 4.98 Å². The summed E-state index contributed by atoms with van der Waals surface area (Å²) in [4.78, 5) is 4.15. The molecule has 90 valence electrons. The van der Waals surface area contributed by atoms with Crippen molar-refractivity contribution < 1.29 is 9.47 Å². The molecule has 2 aromatic rings. The van der Waals surface area contributed by atoms with Crippen LogP contribution in [0.1, 0.15) is 5.82 Å². The first kappa shape index (κ1) is 11.3. The Bertz CT molecular complexity index is 491. The Morgan fingerprint density at radius 1 is 1.24 bits per heavy atom. The number of nitrogens with two attached hydrogens (primary N) is 1. The standard InChI is InChI=1S/C12H15N3O2/c1-15-11(13)7-14-12(15)8-17-10-5-3-9(16-2)4-6-10/h3-7H,8,13H2,1-2H3. The van der Waals surface area contributed by atoms with Crippen molar-refractivity contribution in [2.45, 2.75) is 6.61 Å². The van der Waals surface area contributed by atoms with E-state index in [4.69, 9.17) is 15.2 Å². The van der Waals surface area contributed by atoms with E-state index in [-0.39, 0.29) is 0 Å². The minimum atomic E-state index is 0.389. The van der Waals surface area contributed by atoms with Crippen molar-refractivity contribution in [3.05, 3.63) is 36.3 Å². The second-order valence-corrected chi connectivity index (χ2v) is 3.62. The van der Waals surface area contributed by atoms with Crippen molar-refractivity contribution in [3.63, 3.8) is 0 Å².